The average Bonchev–Trinajstić information content (AvgIpc) is 2.84. The SMILES string of the molecule is Cc1cccc(C(=O)c2c[nH]c3ccc(Cl)cc23)c1N. The van der Waals surface area contributed by atoms with Crippen molar-refractivity contribution in [2.24, 2.45) is 0 Å². The van der Waals surface area contributed by atoms with Crippen molar-refractivity contribution in [3.63, 3.8) is 0 Å². The van der Waals surface area contributed by atoms with Crippen molar-refractivity contribution in [2.45, 2.75) is 6.92 Å². The highest BCUT2D eigenvalue weighted by Crippen LogP contribution is 2.27. The number of hydrogen-bond acceptors (Lipinski definition) is 2. The number of fused-ring (bicyclic) bond motifs is 1. The van der Waals surface area contributed by atoms with Gasteiger partial charge in [-0.05, 0) is 36.8 Å². The first-order valence-electron chi connectivity index (χ1n) is 6.24. The molecule has 0 unspecified atom stereocenters. The van der Waals surface area contributed by atoms with Crippen LogP contribution in [0.1, 0.15) is 21.5 Å². The fourth-order valence-electron chi connectivity index (χ4n) is 2.30. The summed E-state index contributed by atoms with van der Waals surface area (Å²) in [4.78, 5) is 15.7. The number of halogens is 1. The van der Waals surface area contributed by atoms with Crippen LogP contribution < -0.4 is 5.73 Å². The van der Waals surface area contributed by atoms with E-state index >= 15 is 0 Å². The van der Waals surface area contributed by atoms with Gasteiger partial charge in [0.25, 0.3) is 0 Å². The Hall–Kier alpha value is -2.26. The van der Waals surface area contributed by atoms with Crippen LogP contribution in [-0.2, 0) is 0 Å². The third-order valence-electron chi connectivity index (χ3n) is 3.46. The predicted octanol–water partition coefficient (Wildman–Crippen LogP) is 3.94. The zero-order chi connectivity index (χ0) is 14.3. The number of nitrogens with two attached hydrogens (primary N) is 1. The van der Waals surface area contributed by atoms with Crippen LogP contribution in [0.15, 0.2) is 42.6 Å². The van der Waals surface area contributed by atoms with E-state index in [-0.39, 0.29) is 5.78 Å². The molecule has 1 heterocycles. The van der Waals surface area contributed by atoms with Crippen molar-refractivity contribution in [3.8, 4) is 0 Å². The van der Waals surface area contributed by atoms with Crippen molar-refractivity contribution in [1.29, 1.82) is 0 Å². The molecule has 3 nitrogen and oxygen atoms in total. The standard InChI is InChI=1S/C16H13ClN2O/c1-9-3-2-4-11(15(9)18)16(20)13-8-19-14-6-5-10(17)7-12(13)14/h2-8,19H,18H2,1H3. The van der Waals surface area contributed by atoms with Gasteiger partial charge in [0.05, 0.1) is 0 Å². The Labute approximate surface area is 121 Å². The molecule has 2 aromatic carbocycles. The molecule has 0 aliphatic heterocycles. The molecule has 3 N–H and O–H groups in total. The van der Waals surface area contributed by atoms with E-state index in [2.05, 4.69) is 4.98 Å². The molecule has 0 amide bonds. The van der Waals surface area contributed by atoms with E-state index in [4.69, 9.17) is 17.3 Å². The van der Waals surface area contributed by atoms with Gasteiger partial charge in [0.1, 0.15) is 0 Å². The Morgan fingerprint density at radius 3 is 2.80 bits per heavy atom. The van der Waals surface area contributed by atoms with Crippen LogP contribution in [0.4, 0.5) is 5.69 Å². The molecule has 0 atom stereocenters. The Morgan fingerprint density at radius 1 is 1.20 bits per heavy atom. The Kier molecular flexibility index (Phi) is 2.99. The fourth-order valence-corrected chi connectivity index (χ4v) is 2.48. The summed E-state index contributed by atoms with van der Waals surface area (Å²) in [5.41, 5.74) is 9.41. The van der Waals surface area contributed by atoms with E-state index in [0.717, 1.165) is 16.5 Å². The summed E-state index contributed by atoms with van der Waals surface area (Å²) in [5, 5.41) is 1.41. The van der Waals surface area contributed by atoms with E-state index in [1.54, 1.807) is 24.4 Å². The molecule has 3 rings (SSSR count). The fraction of sp³-hybridized carbons (Fsp3) is 0.0625. The van der Waals surface area contributed by atoms with Crippen molar-refractivity contribution < 1.29 is 4.79 Å². The molecule has 0 bridgehead atoms. The van der Waals surface area contributed by atoms with Crippen LogP contribution >= 0.6 is 11.6 Å². The van der Waals surface area contributed by atoms with Crippen molar-refractivity contribution >= 4 is 34.0 Å². The number of H-pyrrole nitrogens is 1. The van der Waals surface area contributed by atoms with Crippen molar-refractivity contribution in [2.75, 3.05) is 5.73 Å². The molecule has 3 aromatic rings. The third kappa shape index (κ3) is 1.96. The first kappa shape index (κ1) is 12.8. The molecule has 4 heteroatoms. The summed E-state index contributed by atoms with van der Waals surface area (Å²) in [6.45, 7) is 1.89. The average molecular weight is 285 g/mol. The zero-order valence-corrected chi connectivity index (χ0v) is 11.7. The Bertz CT molecular complexity index is 820. The third-order valence-corrected chi connectivity index (χ3v) is 3.69. The minimum atomic E-state index is -0.0975. The maximum absolute atomic E-state index is 12.7. The molecule has 0 saturated heterocycles. The van der Waals surface area contributed by atoms with E-state index in [0.29, 0.717) is 21.8 Å². The number of rotatable bonds is 2. The largest absolute Gasteiger partial charge is 0.398 e. The van der Waals surface area contributed by atoms with Gasteiger partial charge in [-0.15, -0.1) is 0 Å². The van der Waals surface area contributed by atoms with Gasteiger partial charge in [0, 0.05) is 38.9 Å². The molecule has 0 spiro atoms. The number of aromatic nitrogens is 1. The van der Waals surface area contributed by atoms with Gasteiger partial charge in [-0.1, -0.05) is 23.7 Å². The zero-order valence-electron chi connectivity index (χ0n) is 10.9. The number of aryl methyl sites for hydroxylation is 1. The molecular formula is C16H13ClN2O. The lowest BCUT2D eigenvalue weighted by molar-refractivity contribution is 0.104. The molecule has 0 aliphatic carbocycles. The van der Waals surface area contributed by atoms with Gasteiger partial charge in [0.2, 0.25) is 0 Å². The van der Waals surface area contributed by atoms with Crippen molar-refractivity contribution in [3.05, 3.63) is 64.3 Å². The normalized spacial score (nSPS) is 10.9. The number of nitrogen functional groups attached to an aromatic ring is 1. The predicted molar refractivity (Wildman–Crippen MR) is 82.3 cm³/mol. The quantitative estimate of drug-likeness (QED) is 0.553. The smallest absolute Gasteiger partial charge is 0.197 e. The molecule has 0 aliphatic rings. The second kappa shape index (κ2) is 4.69. The lowest BCUT2D eigenvalue weighted by Crippen LogP contribution is -2.06. The topological polar surface area (TPSA) is 58.9 Å². The highest BCUT2D eigenvalue weighted by Gasteiger charge is 2.17. The first-order valence-corrected chi connectivity index (χ1v) is 6.62. The number of ketones is 1. The number of hydrogen-bond donors (Lipinski definition) is 2. The van der Waals surface area contributed by atoms with E-state index < -0.39 is 0 Å². The second-order valence-corrected chi connectivity index (χ2v) is 5.19. The molecule has 20 heavy (non-hydrogen) atoms. The monoisotopic (exact) mass is 284 g/mol. The van der Waals surface area contributed by atoms with Crippen LogP contribution in [0.2, 0.25) is 5.02 Å². The van der Waals surface area contributed by atoms with Crippen LogP contribution in [0.25, 0.3) is 10.9 Å². The van der Waals surface area contributed by atoms with E-state index in [1.807, 2.05) is 25.1 Å². The van der Waals surface area contributed by atoms with Gasteiger partial charge in [-0.2, -0.15) is 0 Å². The second-order valence-electron chi connectivity index (χ2n) is 4.76. The number of carbonyl (C=O) groups is 1. The lowest BCUT2D eigenvalue weighted by Gasteiger charge is -2.06. The molecule has 0 radical (unpaired) electrons. The summed E-state index contributed by atoms with van der Waals surface area (Å²) in [6, 6.07) is 10.9. The van der Waals surface area contributed by atoms with Crippen LogP contribution in [0.3, 0.4) is 0 Å². The lowest BCUT2D eigenvalue weighted by atomic mass is 9.99. The van der Waals surface area contributed by atoms with Crippen LogP contribution in [-0.4, -0.2) is 10.8 Å². The summed E-state index contributed by atoms with van der Waals surface area (Å²) >= 11 is 6.00. The van der Waals surface area contributed by atoms with E-state index in [9.17, 15) is 4.79 Å². The maximum atomic E-state index is 12.7. The number of carbonyl (C=O) groups excluding carboxylic acids is 1. The minimum absolute atomic E-state index is 0.0975. The summed E-state index contributed by atoms with van der Waals surface area (Å²) in [7, 11) is 0. The summed E-state index contributed by atoms with van der Waals surface area (Å²) in [6.07, 6.45) is 1.70. The maximum Gasteiger partial charge on any atom is 0.197 e. The molecule has 100 valence electrons. The van der Waals surface area contributed by atoms with Gasteiger partial charge in [-0.3, -0.25) is 4.79 Å². The molecule has 1 aromatic heterocycles. The van der Waals surface area contributed by atoms with Gasteiger partial charge in [0.15, 0.2) is 5.78 Å². The van der Waals surface area contributed by atoms with E-state index in [1.165, 1.54) is 0 Å². The molecular weight excluding hydrogens is 272 g/mol. The Morgan fingerprint density at radius 2 is 2.00 bits per heavy atom. The van der Waals surface area contributed by atoms with Gasteiger partial charge in [-0.25, -0.2) is 0 Å². The van der Waals surface area contributed by atoms with Gasteiger partial charge < -0.3 is 10.7 Å². The number of aromatic amines is 1. The number of nitrogens with one attached hydrogen (secondary N) is 1. The first-order chi connectivity index (χ1) is 9.58. The number of anilines is 1. The molecule has 0 saturated carbocycles. The van der Waals surface area contributed by atoms with Crippen molar-refractivity contribution in [1.82, 2.24) is 4.98 Å². The minimum Gasteiger partial charge on any atom is -0.398 e. The highest BCUT2D eigenvalue weighted by molar-refractivity contribution is 6.31. The molecule has 0 fully saturated rings. The summed E-state index contributed by atoms with van der Waals surface area (Å²) in [5.74, 6) is -0.0975. The highest BCUT2D eigenvalue weighted by atomic mass is 35.5. The van der Waals surface area contributed by atoms with Gasteiger partial charge >= 0.3 is 0 Å². The Balaban J connectivity index is 2.18. The van der Waals surface area contributed by atoms with Crippen LogP contribution in [0, 0.1) is 6.92 Å². The number of para-hydroxylation sites is 1. The summed E-state index contributed by atoms with van der Waals surface area (Å²) < 4.78 is 0. The number of benzene rings is 2. The van der Waals surface area contributed by atoms with Crippen LogP contribution in [0.5, 0.6) is 0 Å².